The van der Waals surface area contributed by atoms with E-state index in [1.807, 2.05) is 6.07 Å². The van der Waals surface area contributed by atoms with Crippen LogP contribution in [0.5, 0.6) is 0 Å². The van der Waals surface area contributed by atoms with Crippen LogP contribution >= 0.6 is 27.3 Å². The Morgan fingerprint density at radius 1 is 1.22 bits per heavy atom. The van der Waals surface area contributed by atoms with Gasteiger partial charge in [0.1, 0.15) is 4.21 Å². The molecule has 1 fully saturated rings. The summed E-state index contributed by atoms with van der Waals surface area (Å²) >= 11 is 4.41. The highest BCUT2D eigenvalue weighted by Gasteiger charge is 2.22. The minimum absolute atomic E-state index is 0.163. The number of piperazine rings is 1. The van der Waals surface area contributed by atoms with E-state index in [1.165, 1.54) is 11.0 Å². The quantitative estimate of drug-likeness (QED) is 0.697. The van der Waals surface area contributed by atoms with Crippen LogP contribution in [0.15, 0.2) is 38.3 Å². The van der Waals surface area contributed by atoms with E-state index in [-0.39, 0.29) is 10.1 Å². The van der Waals surface area contributed by atoms with Crippen LogP contribution in [0.1, 0.15) is 10.4 Å². The first kappa shape index (κ1) is 20.1. The molecule has 27 heavy (non-hydrogen) atoms. The SMILES string of the molecule is CN(C)C(=O)c1cc(NS(=O)(=O)c2ccc(Br)s2)ccc1N1CCNCC1. The minimum Gasteiger partial charge on any atom is -0.368 e. The molecule has 0 atom stereocenters. The number of benzene rings is 1. The second kappa shape index (κ2) is 8.17. The van der Waals surface area contributed by atoms with Gasteiger partial charge < -0.3 is 15.1 Å². The third-order valence-corrected chi connectivity index (χ3v) is 7.65. The predicted octanol–water partition coefficient (Wildman–Crippen LogP) is 2.42. The van der Waals surface area contributed by atoms with Gasteiger partial charge in [0.25, 0.3) is 15.9 Å². The number of nitrogens with one attached hydrogen (secondary N) is 2. The van der Waals surface area contributed by atoms with Gasteiger partial charge in [0.2, 0.25) is 0 Å². The first-order valence-electron chi connectivity index (χ1n) is 8.37. The molecule has 1 aromatic carbocycles. The molecule has 1 aliphatic heterocycles. The van der Waals surface area contributed by atoms with Gasteiger partial charge in [-0.3, -0.25) is 9.52 Å². The first-order chi connectivity index (χ1) is 12.8. The Kier molecular flexibility index (Phi) is 6.09. The summed E-state index contributed by atoms with van der Waals surface area (Å²) in [6.07, 6.45) is 0. The van der Waals surface area contributed by atoms with Gasteiger partial charge >= 0.3 is 0 Å². The maximum absolute atomic E-state index is 12.7. The summed E-state index contributed by atoms with van der Waals surface area (Å²) in [6.45, 7) is 3.28. The van der Waals surface area contributed by atoms with Crippen LogP contribution < -0.4 is 14.9 Å². The van der Waals surface area contributed by atoms with Crippen LogP contribution in [0.3, 0.4) is 0 Å². The first-order valence-corrected chi connectivity index (χ1v) is 11.5. The molecule has 2 N–H and O–H groups in total. The number of halogens is 1. The maximum atomic E-state index is 12.7. The summed E-state index contributed by atoms with van der Waals surface area (Å²) in [5.74, 6) is -0.163. The molecule has 1 saturated heterocycles. The number of carbonyl (C=O) groups excluding carboxylic acids is 1. The standard InChI is InChI=1S/C17H21BrN4O3S2/c1-21(2)17(23)13-11-12(3-4-14(13)22-9-7-19-8-10-22)20-27(24,25)16-6-5-15(18)26-16/h3-6,11,19-20H,7-10H2,1-2H3. The summed E-state index contributed by atoms with van der Waals surface area (Å²) in [4.78, 5) is 16.3. The molecule has 0 spiro atoms. The lowest BCUT2D eigenvalue weighted by Gasteiger charge is -2.31. The maximum Gasteiger partial charge on any atom is 0.271 e. The van der Waals surface area contributed by atoms with E-state index in [0.717, 1.165) is 47.0 Å². The average Bonchev–Trinajstić information content (AvgIpc) is 3.09. The predicted molar refractivity (Wildman–Crippen MR) is 112 cm³/mol. The lowest BCUT2D eigenvalue weighted by atomic mass is 10.1. The molecule has 1 aliphatic rings. The van der Waals surface area contributed by atoms with Crippen LogP contribution in [0, 0.1) is 0 Å². The molecule has 0 aliphatic carbocycles. The summed E-state index contributed by atoms with van der Waals surface area (Å²) < 4.78 is 28.7. The second-order valence-corrected chi connectivity index (χ2v) is 10.7. The van der Waals surface area contributed by atoms with Crippen molar-refractivity contribution < 1.29 is 13.2 Å². The zero-order valence-corrected chi connectivity index (χ0v) is 18.2. The van der Waals surface area contributed by atoms with Crippen molar-refractivity contribution >= 4 is 54.6 Å². The lowest BCUT2D eigenvalue weighted by molar-refractivity contribution is 0.0828. The van der Waals surface area contributed by atoms with Gasteiger partial charge in [0.05, 0.1) is 9.35 Å². The van der Waals surface area contributed by atoms with Crippen molar-refractivity contribution in [3.8, 4) is 0 Å². The molecule has 0 unspecified atom stereocenters. The highest BCUT2D eigenvalue weighted by molar-refractivity contribution is 9.11. The summed E-state index contributed by atoms with van der Waals surface area (Å²) in [7, 11) is -0.334. The topological polar surface area (TPSA) is 81.8 Å². The molecular weight excluding hydrogens is 452 g/mol. The molecule has 3 rings (SSSR count). The minimum atomic E-state index is -3.70. The fourth-order valence-electron chi connectivity index (χ4n) is 2.84. The van der Waals surface area contributed by atoms with E-state index in [4.69, 9.17) is 0 Å². The number of anilines is 2. The van der Waals surface area contributed by atoms with Crippen LogP contribution in [0.25, 0.3) is 0 Å². The molecule has 0 saturated carbocycles. The van der Waals surface area contributed by atoms with Gasteiger partial charge in [-0.25, -0.2) is 8.42 Å². The Balaban J connectivity index is 1.95. The van der Waals surface area contributed by atoms with Crippen molar-refractivity contribution in [2.24, 2.45) is 0 Å². The van der Waals surface area contributed by atoms with Gasteiger partial charge in [-0.05, 0) is 46.3 Å². The van der Waals surface area contributed by atoms with E-state index in [9.17, 15) is 13.2 Å². The van der Waals surface area contributed by atoms with Crippen molar-refractivity contribution in [2.75, 3.05) is 49.9 Å². The summed E-state index contributed by atoms with van der Waals surface area (Å²) in [5, 5.41) is 3.29. The molecule has 2 aromatic rings. The Hall–Kier alpha value is -1.62. The van der Waals surface area contributed by atoms with Crippen LogP contribution in [-0.2, 0) is 10.0 Å². The molecule has 0 radical (unpaired) electrons. The van der Waals surface area contributed by atoms with Crippen LogP contribution in [0.2, 0.25) is 0 Å². The molecule has 1 amide bonds. The monoisotopic (exact) mass is 472 g/mol. The normalized spacial score (nSPS) is 14.9. The Morgan fingerprint density at radius 3 is 2.52 bits per heavy atom. The zero-order valence-electron chi connectivity index (χ0n) is 15.0. The van der Waals surface area contributed by atoms with Crippen molar-refractivity contribution in [3.05, 3.63) is 39.7 Å². The number of carbonyl (C=O) groups is 1. The Morgan fingerprint density at radius 2 is 1.93 bits per heavy atom. The van der Waals surface area contributed by atoms with Crippen LogP contribution in [-0.4, -0.2) is 59.5 Å². The number of sulfonamides is 1. The second-order valence-electron chi connectivity index (χ2n) is 6.33. The number of hydrogen-bond acceptors (Lipinski definition) is 6. The van der Waals surface area contributed by atoms with E-state index in [1.54, 1.807) is 32.3 Å². The van der Waals surface area contributed by atoms with E-state index in [2.05, 4.69) is 30.9 Å². The molecule has 1 aromatic heterocycles. The van der Waals surface area contributed by atoms with Crippen molar-refractivity contribution in [2.45, 2.75) is 4.21 Å². The fraction of sp³-hybridized carbons (Fsp3) is 0.353. The highest BCUT2D eigenvalue weighted by Crippen LogP contribution is 2.30. The number of hydrogen-bond donors (Lipinski definition) is 2. The fourth-order valence-corrected chi connectivity index (χ4v) is 5.90. The largest absolute Gasteiger partial charge is 0.368 e. The average molecular weight is 473 g/mol. The van der Waals surface area contributed by atoms with Gasteiger partial charge in [-0.15, -0.1) is 11.3 Å². The van der Waals surface area contributed by atoms with Crippen molar-refractivity contribution in [3.63, 3.8) is 0 Å². The Bertz CT molecular complexity index is 937. The zero-order chi connectivity index (χ0) is 19.6. The molecule has 146 valence electrons. The summed E-state index contributed by atoms with van der Waals surface area (Å²) in [5.41, 5.74) is 1.66. The van der Waals surface area contributed by atoms with Gasteiger partial charge in [0, 0.05) is 51.6 Å². The Labute approximate surface area is 171 Å². The lowest BCUT2D eigenvalue weighted by Crippen LogP contribution is -2.44. The molecule has 2 heterocycles. The molecular formula is C17H21BrN4O3S2. The van der Waals surface area contributed by atoms with E-state index in [0.29, 0.717) is 11.3 Å². The molecule has 10 heteroatoms. The molecule has 0 bridgehead atoms. The number of amides is 1. The van der Waals surface area contributed by atoms with Gasteiger partial charge in [0.15, 0.2) is 0 Å². The smallest absolute Gasteiger partial charge is 0.271 e. The number of thiophene rings is 1. The number of rotatable bonds is 5. The highest BCUT2D eigenvalue weighted by atomic mass is 79.9. The van der Waals surface area contributed by atoms with E-state index >= 15 is 0 Å². The van der Waals surface area contributed by atoms with Crippen LogP contribution in [0.4, 0.5) is 11.4 Å². The van der Waals surface area contributed by atoms with Crippen molar-refractivity contribution in [1.29, 1.82) is 0 Å². The third-order valence-electron chi connectivity index (χ3n) is 4.16. The van der Waals surface area contributed by atoms with E-state index < -0.39 is 10.0 Å². The third kappa shape index (κ3) is 4.63. The van der Waals surface area contributed by atoms with Gasteiger partial charge in [-0.2, -0.15) is 0 Å². The number of nitrogens with zero attached hydrogens (tertiary/aromatic N) is 2. The summed E-state index contributed by atoms with van der Waals surface area (Å²) in [6, 6.07) is 8.35. The van der Waals surface area contributed by atoms with Gasteiger partial charge in [-0.1, -0.05) is 0 Å². The molecule has 7 nitrogen and oxygen atoms in total. The van der Waals surface area contributed by atoms with Crippen molar-refractivity contribution in [1.82, 2.24) is 10.2 Å².